The van der Waals surface area contributed by atoms with Gasteiger partial charge in [0.15, 0.2) is 0 Å². The Morgan fingerprint density at radius 1 is 1.50 bits per heavy atom. The zero-order valence-corrected chi connectivity index (χ0v) is 8.21. The van der Waals surface area contributed by atoms with Crippen molar-refractivity contribution in [3.8, 4) is 12.3 Å². The van der Waals surface area contributed by atoms with Gasteiger partial charge in [-0.15, -0.1) is 6.42 Å². The summed E-state index contributed by atoms with van der Waals surface area (Å²) in [6.45, 7) is 1.75. The topological polar surface area (TPSA) is 9.23 Å². The number of halogens is 1. The van der Waals surface area contributed by atoms with E-state index in [2.05, 4.69) is 20.7 Å². The van der Waals surface area contributed by atoms with Crippen LogP contribution in [0.5, 0.6) is 0 Å². The Morgan fingerprint density at radius 3 is 2.60 bits per heavy atom. The van der Waals surface area contributed by atoms with Gasteiger partial charge in [-0.25, -0.2) is 0 Å². The molecular weight excluding hydrogens is 212 g/mol. The van der Waals surface area contributed by atoms with E-state index >= 15 is 0 Å². The van der Waals surface area contributed by atoms with Gasteiger partial charge in [-0.05, 0) is 14.8 Å². The van der Waals surface area contributed by atoms with E-state index in [1.165, 1.54) is 0 Å². The Labute approximate surface area is 71.0 Å². The second kappa shape index (κ2) is 3.66. The monoisotopic (exact) mass is 222 g/mol. The molecule has 0 N–H and O–H groups in total. The summed E-state index contributed by atoms with van der Waals surface area (Å²) in [5, 5.41) is 0. The van der Waals surface area contributed by atoms with E-state index in [1.54, 1.807) is 0 Å². The van der Waals surface area contributed by atoms with E-state index < -0.39 is 8.46 Å². The first-order chi connectivity index (χ1) is 4.77. The Kier molecular flexibility index (Phi) is 3.09. The van der Waals surface area contributed by atoms with Crippen LogP contribution in [-0.4, -0.2) is 30.5 Å². The van der Waals surface area contributed by atoms with Crippen molar-refractivity contribution < 1.29 is 4.74 Å². The summed E-state index contributed by atoms with van der Waals surface area (Å²) < 4.78 is 5.23. The number of terminal acetylenes is 1. The summed E-state index contributed by atoms with van der Waals surface area (Å²) >= 11 is 3.72. The van der Waals surface area contributed by atoms with Gasteiger partial charge >= 0.3 is 0 Å². The lowest BCUT2D eigenvalue weighted by Gasteiger charge is -2.34. The van der Waals surface area contributed by atoms with E-state index in [-0.39, 0.29) is 0 Å². The molecule has 0 amide bonds. The van der Waals surface area contributed by atoms with E-state index in [4.69, 9.17) is 11.2 Å². The van der Waals surface area contributed by atoms with Crippen LogP contribution in [0, 0.1) is 12.3 Å². The average molecular weight is 223 g/mol. The molecule has 0 radical (unpaired) electrons. The van der Waals surface area contributed by atoms with Crippen LogP contribution in [0.4, 0.5) is 0 Å². The molecule has 0 aromatic carbocycles. The fourth-order valence-electron chi connectivity index (χ4n) is 0.914. The van der Waals surface area contributed by atoms with E-state index in [9.17, 15) is 0 Å². The Balaban J connectivity index is 2.42. The predicted molar refractivity (Wildman–Crippen MR) is 50.8 cm³/mol. The fraction of sp³-hybridized carbons (Fsp3) is 0.714. The molecule has 10 heavy (non-hydrogen) atoms. The van der Waals surface area contributed by atoms with E-state index in [1.807, 2.05) is 0 Å². The van der Waals surface area contributed by atoms with Gasteiger partial charge in [0.1, 0.15) is 0 Å². The third-order valence-electron chi connectivity index (χ3n) is 1.53. The summed E-state index contributed by atoms with van der Waals surface area (Å²) in [7, 11) is -0.639. The molecule has 0 aliphatic carbocycles. The van der Waals surface area contributed by atoms with Crippen molar-refractivity contribution in [2.75, 3.05) is 30.5 Å². The summed E-state index contributed by atoms with van der Waals surface area (Å²) in [6.07, 6.45) is 5.24. The van der Waals surface area contributed by atoms with Crippen LogP contribution in [-0.2, 0) is 4.74 Å². The molecule has 1 aliphatic heterocycles. The molecule has 1 saturated heterocycles. The van der Waals surface area contributed by atoms with Gasteiger partial charge in [0.2, 0.25) is 0 Å². The van der Waals surface area contributed by atoms with Crippen molar-refractivity contribution in [2.45, 2.75) is 0 Å². The van der Waals surface area contributed by atoms with Crippen molar-refractivity contribution in [1.82, 2.24) is 0 Å². The minimum atomic E-state index is -0.639. The Hall–Kier alpha value is 0.350. The number of rotatable bonds is 1. The van der Waals surface area contributed by atoms with Crippen molar-refractivity contribution in [2.24, 2.45) is 0 Å². The molecule has 0 bridgehead atoms. The number of hydrogen-bond donors (Lipinski definition) is 0. The SMILES string of the molecule is C#CCS1(Br)CCOCC1. The molecule has 1 rings (SSSR count). The highest BCUT2D eigenvalue weighted by atomic mass is 79.9. The van der Waals surface area contributed by atoms with Crippen LogP contribution in [0.15, 0.2) is 0 Å². The zero-order valence-electron chi connectivity index (χ0n) is 5.81. The van der Waals surface area contributed by atoms with Crippen LogP contribution >= 0.6 is 23.3 Å². The summed E-state index contributed by atoms with van der Waals surface area (Å²) in [6, 6.07) is 0. The van der Waals surface area contributed by atoms with Gasteiger partial charge in [0.05, 0.1) is 13.2 Å². The van der Waals surface area contributed by atoms with Gasteiger partial charge in [-0.3, -0.25) is 0 Å². The van der Waals surface area contributed by atoms with Crippen LogP contribution in [0.1, 0.15) is 0 Å². The lowest BCUT2D eigenvalue weighted by molar-refractivity contribution is 0.160. The number of hydrogen-bond acceptors (Lipinski definition) is 1. The first kappa shape index (κ1) is 8.45. The maximum absolute atomic E-state index is 5.24. The first-order valence-electron chi connectivity index (χ1n) is 3.24. The molecule has 3 heteroatoms. The highest BCUT2D eigenvalue weighted by molar-refractivity contribution is 9.58. The normalized spacial score (nSPS) is 26.8. The molecule has 1 aliphatic rings. The molecule has 1 nitrogen and oxygen atoms in total. The van der Waals surface area contributed by atoms with Gasteiger partial charge in [0.25, 0.3) is 0 Å². The van der Waals surface area contributed by atoms with Crippen LogP contribution in [0.2, 0.25) is 0 Å². The Morgan fingerprint density at radius 2 is 2.10 bits per heavy atom. The summed E-state index contributed by atoms with van der Waals surface area (Å²) in [5.41, 5.74) is 0. The van der Waals surface area contributed by atoms with Crippen molar-refractivity contribution >= 4 is 23.3 Å². The summed E-state index contributed by atoms with van der Waals surface area (Å²) in [4.78, 5) is 0. The highest BCUT2D eigenvalue weighted by Crippen LogP contribution is 2.55. The minimum Gasteiger partial charge on any atom is -0.380 e. The van der Waals surface area contributed by atoms with Crippen LogP contribution in [0.25, 0.3) is 0 Å². The molecule has 0 aromatic heterocycles. The Bertz CT molecular complexity index is 146. The predicted octanol–water partition coefficient (Wildman–Crippen LogP) is 1.76. The van der Waals surface area contributed by atoms with E-state index in [0.717, 1.165) is 30.5 Å². The van der Waals surface area contributed by atoms with Gasteiger partial charge in [-0.1, -0.05) is 5.92 Å². The minimum absolute atomic E-state index is 0.639. The smallest absolute Gasteiger partial charge is 0.0550 e. The summed E-state index contributed by atoms with van der Waals surface area (Å²) in [5.74, 6) is 5.86. The molecular formula is C7H11BrOS. The molecule has 58 valence electrons. The maximum Gasteiger partial charge on any atom is 0.0550 e. The molecule has 0 saturated carbocycles. The van der Waals surface area contributed by atoms with Gasteiger partial charge in [0, 0.05) is 17.3 Å². The average Bonchev–Trinajstić information content (AvgIpc) is 1.89. The first-order valence-corrected chi connectivity index (χ1v) is 7.22. The number of ether oxygens (including phenoxy) is 1. The fourth-order valence-corrected chi connectivity index (χ4v) is 3.73. The molecule has 0 spiro atoms. The van der Waals surface area contributed by atoms with Crippen LogP contribution < -0.4 is 0 Å². The van der Waals surface area contributed by atoms with Gasteiger partial charge in [-0.2, -0.15) is 8.46 Å². The zero-order chi connectivity index (χ0) is 7.45. The van der Waals surface area contributed by atoms with E-state index in [0.29, 0.717) is 0 Å². The largest absolute Gasteiger partial charge is 0.380 e. The van der Waals surface area contributed by atoms with Crippen molar-refractivity contribution in [3.05, 3.63) is 0 Å². The maximum atomic E-state index is 5.24. The highest BCUT2D eigenvalue weighted by Gasteiger charge is 2.22. The quantitative estimate of drug-likeness (QED) is 0.615. The third kappa shape index (κ3) is 2.19. The second-order valence-corrected chi connectivity index (χ2v) is 9.41. The second-order valence-electron chi connectivity index (χ2n) is 2.31. The third-order valence-corrected chi connectivity index (χ3v) is 6.64. The molecule has 0 unspecified atom stereocenters. The lowest BCUT2D eigenvalue weighted by Crippen LogP contribution is -2.21. The standard InChI is InChI=1S/C7H11BrOS/c1-2-5-10(8)6-3-9-4-7-10/h1H,3-7H2. The molecule has 0 atom stereocenters. The molecule has 0 aromatic rings. The lowest BCUT2D eigenvalue weighted by atomic mass is 10.8. The molecule has 1 fully saturated rings. The van der Waals surface area contributed by atoms with Crippen LogP contribution in [0.3, 0.4) is 0 Å². The molecule has 1 heterocycles. The van der Waals surface area contributed by atoms with Gasteiger partial charge < -0.3 is 4.74 Å². The van der Waals surface area contributed by atoms with Crippen molar-refractivity contribution in [3.63, 3.8) is 0 Å². The van der Waals surface area contributed by atoms with Crippen molar-refractivity contribution in [1.29, 1.82) is 0 Å².